The van der Waals surface area contributed by atoms with E-state index in [1.165, 1.54) is 5.56 Å². The van der Waals surface area contributed by atoms with Gasteiger partial charge in [0, 0.05) is 33.9 Å². The summed E-state index contributed by atoms with van der Waals surface area (Å²) in [5, 5.41) is 10.4. The smallest absolute Gasteiger partial charge is 0.0919 e. The molecule has 4 nitrogen and oxygen atoms in total. The summed E-state index contributed by atoms with van der Waals surface area (Å²) in [5.41, 5.74) is 3.35. The lowest BCUT2D eigenvalue weighted by Gasteiger charge is -2.25. The maximum absolute atomic E-state index is 10.4. The Morgan fingerprint density at radius 3 is 2.20 bits per heavy atom. The van der Waals surface area contributed by atoms with Gasteiger partial charge >= 0.3 is 0 Å². The summed E-state index contributed by atoms with van der Waals surface area (Å²) in [6.07, 6.45) is -0.482. The fourth-order valence-corrected chi connectivity index (χ4v) is 2.28. The standard InChI is InChI=1S/C16H27NO3/c1-13-5-6-15(14(2)11-13)16(18)12-17(7-9-19-3)8-10-20-4/h5-6,11,16,18H,7-10,12H2,1-4H3. The molecule has 114 valence electrons. The molecule has 1 aromatic carbocycles. The van der Waals surface area contributed by atoms with Crippen molar-refractivity contribution in [2.24, 2.45) is 0 Å². The normalized spacial score (nSPS) is 12.9. The highest BCUT2D eigenvalue weighted by atomic mass is 16.5. The van der Waals surface area contributed by atoms with E-state index in [-0.39, 0.29) is 0 Å². The van der Waals surface area contributed by atoms with E-state index >= 15 is 0 Å². The van der Waals surface area contributed by atoms with Crippen molar-refractivity contribution < 1.29 is 14.6 Å². The minimum absolute atomic E-state index is 0.482. The summed E-state index contributed by atoms with van der Waals surface area (Å²) in [4.78, 5) is 2.16. The van der Waals surface area contributed by atoms with E-state index in [9.17, 15) is 5.11 Å². The van der Waals surface area contributed by atoms with Gasteiger partial charge in [-0.25, -0.2) is 0 Å². The molecule has 0 amide bonds. The number of hydrogen-bond donors (Lipinski definition) is 1. The Morgan fingerprint density at radius 1 is 1.10 bits per heavy atom. The summed E-state index contributed by atoms with van der Waals surface area (Å²) in [6, 6.07) is 6.16. The van der Waals surface area contributed by atoms with Gasteiger partial charge in [0.1, 0.15) is 0 Å². The van der Waals surface area contributed by atoms with Gasteiger partial charge < -0.3 is 14.6 Å². The van der Waals surface area contributed by atoms with Gasteiger partial charge in [-0.3, -0.25) is 4.90 Å². The fourth-order valence-electron chi connectivity index (χ4n) is 2.28. The third kappa shape index (κ3) is 5.59. The molecule has 1 aromatic rings. The molecule has 1 atom stereocenters. The summed E-state index contributed by atoms with van der Waals surface area (Å²) < 4.78 is 10.2. The van der Waals surface area contributed by atoms with E-state index in [0.717, 1.165) is 24.2 Å². The Bertz CT molecular complexity index is 387. The van der Waals surface area contributed by atoms with Crippen LogP contribution in [0.15, 0.2) is 18.2 Å². The monoisotopic (exact) mass is 281 g/mol. The summed E-state index contributed by atoms with van der Waals surface area (Å²) in [6.45, 7) is 7.60. The van der Waals surface area contributed by atoms with Crippen molar-refractivity contribution in [1.29, 1.82) is 0 Å². The van der Waals surface area contributed by atoms with Crippen molar-refractivity contribution >= 4 is 0 Å². The van der Waals surface area contributed by atoms with E-state index in [2.05, 4.69) is 17.9 Å². The molecular formula is C16H27NO3. The molecule has 0 aliphatic heterocycles. The number of nitrogens with zero attached hydrogens (tertiary/aromatic N) is 1. The van der Waals surface area contributed by atoms with Crippen molar-refractivity contribution in [3.63, 3.8) is 0 Å². The predicted molar refractivity (Wildman–Crippen MR) is 81.1 cm³/mol. The van der Waals surface area contributed by atoms with Gasteiger partial charge in [0.2, 0.25) is 0 Å². The van der Waals surface area contributed by atoms with Crippen LogP contribution in [0, 0.1) is 13.8 Å². The Morgan fingerprint density at radius 2 is 1.70 bits per heavy atom. The molecule has 0 saturated carbocycles. The van der Waals surface area contributed by atoms with E-state index in [0.29, 0.717) is 19.8 Å². The van der Waals surface area contributed by atoms with Crippen LogP contribution in [-0.4, -0.2) is 57.1 Å². The number of ether oxygens (including phenoxy) is 2. The molecule has 0 aliphatic rings. The Labute approximate surface area is 122 Å². The van der Waals surface area contributed by atoms with E-state index in [1.807, 2.05) is 19.1 Å². The van der Waals surface area contributed by atoms with Gasteiger partial charge in [-0.05, 0) is 25.0 Å². The molecule has 0 aliphatic carbocycles. The zero-order chi connectivity index (χ0) is 15.0. The summed E-state index contributed by atoms with van der Waals surface area (Å²) >= 11 is 0. The van der Waals surface area contributed by atoms with E-state index < -0.39 is 6.10 Å². The second kappa shape index (κ2) is 9.08. The maximum Gasteiger partial charge on any atom is 0.0919 e. The molecule has 1 rings (SSSR count). The molecule has 0 bridgehead atoms. The van der Waals surface area contributed by atoms with Gasteiger partial charge in [-0.1, -0.05) is 23.8 Å². The molecular weight excluding hydrogens is 254 g/mol. The molecule has 0 heterocycles. The first-order chi connectivity index (χ1) is 9.58. The van der Waals surface area contributed by atoms with Crippen LogP contribution < -0.4 is 0 Å². The van der Waals surface area contributed by atoms with Crippen LogP contribution in [0.25, 0.3) is 0 Å². The number of aryl methyl sites for hydroxylation is 2. The van der Waals surface area contributed by atoms with Gasteiger partial charge in [0.25, 0.3) is 0 Å². The average Bonchev–Trinajstić information content (AvgIpc) is 2.41. The minimum atomic E-state index is -0.482. The third-order valence-electron chi connectivity index (χ3n) is 3.44. The second-order valence-electron chi connectivity index (χ2n) is 5.16. The van der Waals surface area contributed by atoms with Crippen LogP contribution >= 0.6 is 0 Å². The SMILES string of the molecule is COCCN(CCOC)CC(O)c1ccc(C)cc1C. The van der Waals surface area contributed by atoms with Gasteiger partial charge in [0.05, 0.1) is 19.3 Å². The lowest BCUT2D eigenvalue weighted by Crippen LogP contribution is -2.34. The quantitative estimate of drug-likeness (QED) is 0.751. The highest BCUT2D eigenvalue weighted by Crippen LogP contribution is 2.19. The van der Waals surface area contributed by atoms with E-state index in [1.54, 1.807) is 14.2 Å². The molecule has 20 heavy (non-hydrogen) atoms. The van der Waals surface area contributed by atoms with Crippen LogP contribution in [0.4, 0.5) is 0 Å². The Hall–Kier alpha value is -0.940. The predicted octanol–water partition coefficient (Wildman–Crippen LogP) is 1.93. The molecule has 0 aromatic heterocycles. The van der Waals surface area contributed by atoms with Gasteiger partial charge in [-0.2, -0.15) is 0 Å². The minimum Gasteiger partial charge on any atom is -0.387 e. The van der Waals surface area contributed by atoms with Crippen molar-refractivity contribution in [2.45, 2.75) is 20.0 Å². The maximum atomic E-state index is 10.4. The van der Waals surface area contributed by atoms with Crippen LogP contribution in [0.2, 0.25) is 0 Å². The van der Waals surface area contributed by atoms with Crippen LogP contribution in [0.5, 0.6) is 0 Å². The topological polar surface area (TPSA) is 41.9 Å². The Kier molecular flexibility index (Phi) is 7.77. The first-order valence-electron chi connectivity index (χ1n) is 7.04. The van der Waals surface area contributed by atoms with Crippen molar-refractivity contribution in [3.05, 3.63) is 34.9 Å². The summed E-state index contributed by atoms with van der Waals surface area (Å²) in [5.74, 6) is 0. The molecule has 1 N–H and O–H groups in total. The van der Waals surface area contributed by atoms with Crippen LogP contribution in [0.3, 0.4) is 0 Å². The van der Waals surface area contributed by atoms with Crippen LogP contribution in [0.1, 0.15) is 22.8 Å². The second-order valence-corrected chi connectivity index (χ2v) is 5.16. The number of aliphatic hydroxyl groups excluding tert-OH is 1. The lowest BCUT2D eigenvalue weighted by molar-refractivity contribution is 0.0694. The number of hydrogen-bond acceptors (Lipinski definition) is 4. The first-order valence-corrected chi connectivity index (χ1v) is 7.04. The summed E-state index contributed by atoms with van der Waals surface area (Å²) in [7, 11) is 3.38. The Balaban J connectivity index is 2.65. The fraction of sp³-hybridized carbons (Fsp3) is 0.625. The van der Waals surface area contributed by atoms with Crippen molar-refractivity contribution in [3.8, 4) is 0 Å². The average molecular weight is 281 g/mol. The van der Waals surface area contributed by atoms with Crippen molar-refractivity contribution in [1.82, 2.24) is 4.90 Å². The largest absolute Gasteiger partial charge is 0.387 e. The number of aliphatic hydroxyl groups is 1. The molecule has 0 fully saturated rings. The first kappa shape index (κ1) is 17.1. The number of benzene rings is 1. The number of rotatable bonds is 9. The highest BCUT2D eigenvalue weighted by molar-refractivity contribution is 5.32. The molecule has 0 spiro atoms. The van der Waals surface area contributed by atoms with E-state index in [4.69, 9.17) is 9.47 Å². The van der Waals surface area contributed by atoms with Gasteiger partial charge in [-0.15, -0.1) is 0 Å². The zero-order valence-electron chi connectivity index (χ0n) is 13.1. The molecule has 0 radical (unpaired) electrons. The van der Waals surface area contributed by atoms with Gasteiger partial charge in [0.15, 0.2) is 0 Å². The molecule has 4 heteroatoms. The molecule has 0 saturated heterocycles. The zero-order valence-corrected chi connectivity index (χ0v) is 13.1. The van der Waals surface area contributed by atoms with Crippen LogP contribution in [-0.2, 0) is 9.47 Å². The lowest BCUT2D eigenvalue weighted by atomic mass is 10.0. The molecule has 1 unspecified atom stereocenters. The highest BCUT2D eigenvalue weighted by Gasteiger charge is 2.15. The number of methoxy groups -OCH3 is 2. The van der Waals surface area contributed by atoms with Crippen molar-refractivity contribution in [2.75, 3.05) is 47.1 Å². The third-order valence-corrected chi connectivity index (χ3v) is 3.44.